The zero-order valence-electron chi connectivity index (χ0n) is 4.90. The Kier molecular flexibility index (Phi) is 5.03. The van der Waals surface area contributed by atoms with Gasteiger partial charge < -0.3 is 14.3 Å². The van der Waals surface area contributed by atoms with E-state index in [0.717, 1.165) is 0 Å². The Morgan fingerprint density at radius 3 is 2.12 bits per heavy atom. The van der Waals surface area contributed by atoms with Crippen molar-refractivity contribution < 1.29 is 14.3 Å². The second-order valence-electron chi connectivity index (χ2n) is 1.32. The molecule has 0 rings (SSSR count). The molecule has 0 aromatic rings. The van der Waals surface area contributed by atoms with E-state index in [-0.39, 0.29) is 0 Å². The van der Waals surface area contributed by atoms with Crippen LogP contribution in [-0.2, 0) is 4.52 Å². The van der Waals surface area contributed by atoms with Crippen molar-refractivity contribution in [3.63, 3.8) is 0 Å². The maximum absolute atomic E-state index is 8.41. The van der Waals surface area contributed by atoms with Crippen LogP contribution in [0.15, 0.2) is 0 Å². The molecule has 0 saturated carbocycles. The fraction of sp³-hybridized carbons (Fsp3) is 1.00. The summed E-state index contributed by atoms with van der Waals surface area (Å²) in [6.45, 7) is 1.86. The second-order valence-corrected chi connectivity index (χ2v) is 4.82. The van der Waals surface area contributed by atoms with Gasteiger partial charge in [0.2, 0.25) is 0 Å². The molecule has 3 nitrogen and oxygen atoms in total. The molecule has 0 aromatic heterocycles. The van der Waals surface area contributed by atoms with Crippen molar-refractivity contribution in [2.24, 2.45) is 0 Å². The van der Waals surface area contributed by atoms with Crippen molar-refractivity contribution in [2.75, 3.05) is 19.7 Å². The Morgan fingerprint density at radius 1 is 1.50 bits per heavy atom. The van der Waals surface area contributed by atoms with Gasteiger partial charge in [-0.2, -0.15) is 0 Å². The molecule has 0 aliphatic heterocycles. The van der Waals surface area contributed by atoms with Gasteiger partial charge in [-0.3, -0.25) is 0 Å². The van der Waals surface area contributed by atoms with E-state index in [1.165, 1.54) is 0 Å². The molecule has 1 atom stereocenters. The third-order valence-corrected chi connectivity index (χ3v) is 3.87. The van der Waals surface area contributed by atoms with Crippen LogP contribution in [0.3, 0.4) is 0 Å². The standard InChI is InChI=1S/C3H10O3P2/c1-6-7(2)3-8(4)5/h4-5H,3H2,1-2H3. The second kappa shape index (κ2) is 4.60. The van der Waals surface area contributed by atoms with Gasteiger partial charge in [0.05, 0.1) is 5.90 Å². The van der Waals surface area contributed by atoms with E-state index in [1.807, 2.05) is 6.66 Å². The minimum absolute atomic E-state index is 0.404. The number of hydrogen-bond acceptors (Lipinski definition) is 3. The third kappa shape index (κ3) is 4.89. The predicted molar refractivity (Wildman–Crippen MR) is 36.1 cm³/mol. The fourth-order valence-corrected chi connectivity index (χ4v) is 2.12. The quantitative estimate of drug-likeness (QED) is 0.597. The topological polar surface area (TPSA) is 49.7 Å². The van der Waals surface area contributed by atoms with Crippen LogP contribution in [-0.4, -0.2) is 29.5 Å². The average molecular weight is 156 g/mol. The fourth-order valence-electron chi connectivity index (χ4n) is 0.236. The summed E-state index contributed by atoms with van der Waals surface area (Å²) in [7, 11) is -0.757. The number of rotatable bonds is 3. The summed E-state index contributed by atoms with van der Waals surface area (Å²) >= 11 is 0. The van der Waals surface area contributed by atoms with Gasteiger partial charge in [-0.25, -0.2) is 0 Å². The predicted octanol–water partition coefficient (Wildman–Crippen LogP) is 0.913. The van der Waals surface area contributed by atoms with Gasteiger partial charge in [-0.1, -0.05) is 0 Å². The molecule has 0 saturated heterocycles. The summed E-state index contributed by atoms with van der Waals surface area (Å²) in [4.78, 5) is 16.8. The van der Waals surface area contributed by atoms with Gasteiger partial charge in [0.15, 0.2) is 8.38 Å². The van der Waals surface area contributed by atoms with E-state index < -0.39 is 16.5 Å². The first-order chi connectivity index (χ1) is 3.66. The van der Waals surface area contributed by atoms with Gasteiger partial charge in [0, 0.05) is 15.3 Å². The first-order valence-corrected chi connectivity index (χ1v) is 5.39. The van der Waals surface area contributed by atoms with E-state index in [4.69, 9.17) is 14.3 Å². The molecule has 2 N–H and O–H groups in total. The van der Waals surface area contributed by atoms with E-state index in [1.54, 1.807) is 7.11 Å². The molecule has 1 unspecified atom stereocenters. The van der Waals surface area contributed by atoms with Crippen LogP contribution < -0.4 is 0 Å². The lowest BCUT2D eigenvalue weighted by Crippen LogP contribution is -1.81. The summed E-state index contributed by atoms with van der Waals surface area (Å²) in [6.07, 6.45) is 0. The van der Waals surface area contributed by atoms with Crippen molar-refractivity contribution in [3.05, 3.63) is 0 Å². The lowest BCUT2D eigenvalue weighted by Gasteiger charge is -2.08. The Hall–Kier alpha value is 0.740. The van der Waals surface area contributed by atoms with Crippen molar-refractivity contribution in [2.45, 2.75) is 0 Å². The first-order valence-electron chi connectivity index (χ1n) is 2.07. The minimum Gasteiger partial charge on any atom is -0.362 e. The molecule has 0 amide bonds. The SMILES string of the molecule is COP(C)CP(O)O. The molecule has 0 fully saturated rings. The molecule has 0 aliphatic carbocycles. The first kappa shape index (κ1) is 8.74. The Labute approximate surface area is 51.4 Å². The molecule has 0 bridgehead atoms. The summed E-state index contributed by atoms with van der Waals surface area (Å²) in [5.74, 6) is 0.404. The molecule has 0 aromatic carbocycles. The highest BCUT2D eigenvalue weighted by atomic mass is 31.2. The van der Waals surface area contributed by atoms with Crippen molar-refractivity contribution in [3.8, 4) is 0 Å². The lowest BCUT2D eigenvalue weighted by molar-refractivity contribution is 0.460. The summed E-state index contributed by atoms with van der Waals surface area (Å²) in [5, 5.41) is 0. The van der Waals surface area contributed by atoms with Crippen LogP contribution in [0, 0.1) is 0 Å². The molecule has 50 valence electrons. The Bertz CT molecular complexity index is 58.5. The maximum atomic E-state index is 8.41. The lowest BCUT2D eigenvalue weighted by atomic mass is 11.8. The largest absolute Gasteiger partial charge is 0.362 e. The number of hydrogen-bond donors (Lipinski definition) is 2. The highest BCUT2D eigenvalue weighted by molar-refractivity contribution is 7.66. The molecule has 0 spiro atoms. The van der Waals surface area contributed by atoms with Crippen molar-refractivity contribution in [1.29, 1.82) is 0 Å². The highest BCUT2D eigenvalue weighted by Crippen LogP contribution is 2.43. The van der Waals surface area contributed by atoms with Crippen LogP contribution in [0.2, 0.25) is 0 Å². The maximum Gasteiger partial charge on any atom is 0.171 e. The monoisotopic (exact) mass is 156 g/mol. The van der Waals surface area contributed by atoms with Crippen LogP contribution in [0.1, 0.15) is 0 Å². The highest BCUT2D eigenvalue weighted by Gasteiger charge is 2.04. The van der Waals surface area contributed by atoms with Gasteiger partial charge in [0.25, 0.3) is 0 Å². The zero-order valence-corrected chi connectivity index (χ0v) is 6.69. The Balaban J connectivity index is 3.10. The molecule has 8 heavy (non-hydrogen) atoms. The molecular weight excluding hydrogens is 146 g/mol. The smallest absolute Gasteiger partial charge is 0.171 e. The van der Waals surface area contributed by atoms with Crippen molar-refractivity contribution >= 4 is 16.5 Å². The zero-order chi connectivity index (χ0) is 6.57. The molecular formula is C3H10O3P2. The molecule has 5 heteroatoms. The summed E-state index contributed by atoms with van der Waals surface area (Å²) < 4.78 is 4.82. The van der Waals surface area contributed by atoms with E-state index >= 15 is 0 Å². The van der Waals surface area contributed by atoms with Crippen molar-refractivity contribution in [1.82, 2.24) is 0 Å². The minimum atomic E-state index is -1.74. The van der Waals surface area contributed by atoms with Crippen LogP contribution in [0.25, 0.3) is 0 Å². The van der Waals surface area contributed by atoms with Crippen LogP contribution in [0.4, 0.5) is 0 Å². The molecule has 0 aliphatic rings. The van der Waals surface area contributed by atoms with Gasteiger partial charge in [-0.15, -0.1) is 0 Å². The normalized spacial score (nSPS) is 14.6. The average Bonchev–Trinajstić information content (AvgIpc) is 1.65. The van der Waals surface area contributed by atoms with Gasteiger partial charge in [0.1, 0.15) is 0 Å². The van der Waals surface area contributed by atoms with E-state index in [0.29, 0.717) is 5.90 Å². The molecule has 0 heterocycles. The Morgan fingerprint density at radius 2 is 2.00 bits per heavy atom. The van der Waals surface area contributed by atoms with Crippen LogP contribution >= 0.6 is 16.5 Å². The van der Waals surface area contributed by atoms with E-state index in [2.05, 4.69) is 0 Å². The molecule has 0 radical (unpaired) electrons. The summed E-state index contributed by atoms with van der Waals surface area (Å²) in [6, 6.07) is 0. The summed E-state index contributed by atoms with van der Waals surface area (Å²) in [5.41, 5.74) is 0. The van der Waals surface area contributed by atoms with E-state index in [9.17, 15) is 0 Å². The van der Waals surface area contributed by atoms with Gasteiger partial charge >= 0.3 is 0 Å². The van der Waals surface area contributed by atoms with Gasteiger partial charge in [-0.05, 0) is 6.66 Å². The third-order valence-electron chi connectivity index (χ3n) is 0.637. The van der Waals surface area contributed by atoms with Crippen LogP contribution in [0.5, 0.6) is 0 Å².